The Balaban J connectivity index is 1.87. The Morgan fingerprint density at radius 3 is 1.85 bits per heavy atom. The lowest BCUT2D eigenvalue weighted by Crippen LogP contribution is -2.14. The summed E-state index contributed by atoms with van der Waals surface area (Å²) >= 11 is 5.61. The minimum atomic E-state index is -3.71. The lowest BCUT2D eigenvalue weighted by atomic mass is 10.2. The van der Waals surface area contributed by atoms with Gasteiger partial charge in [-0.1, -0.05) is 31.0 Å². The van der Waals surface area contributed by atoms with E-state index in [1.54, 1.807) is 18.2 Å². The minimum Gasteiger partial charge on any atom is -0.379 e. The van der Waals surface area contributed by atoms with E-state index in [0.717, 1.165) is 38.2 Å². The van der Waals surface area contributed by atoms with Gasteiger partial charge >= 0.3 is 0 Å². The van der Waals surface area contributed by atoms with Crippen molar-refractivity contribution in [2.24, 2.45) is 0 Å². The van der Waals surface area contributed by atoms with E-state index in [4.69, 9.17) is 30.0 Å². The van der Waals surface area contributed by atoms with Crippen molar-refractivity contribution in [2.75, 3.05) is 52.1 Å². The summed E-state index contributed by atoms with van der Waals surface area (Å²) in [5, 5.41) is 0. The molecule has 0 radical (unpaired) electrons. The van der Waals surface area contributed by atoms with Crippen molar-refractivity contribution in [3.63, 3.8) is 0 Å². The summed E-state index contributed by atoms with van der Waals surface area (Å²) in [5.41, 5.74) is 0. The van der Waals surface area contributed by atoms with Gasteiger partial charge in [-0.05, 0) is 25.0 Å². The van der Waals surface area contributed by atoms with Gasteiger partial charge in [-0.2, -0.15) is 8.42 Å². The Bertz CT molecular complexity index is 538. The summed E-state index contributed by atoms with van der Waals surface area (Å²) in [6.07, 6.45) is 4.40. The first-order valence-corrected chi connectivity index (χ1v) is 10.8. The number of rotatable bonds is 17. The predicted octanol–water partition coefficient (Wildman–Crippen LogP) is 3.24. The maximum Gasteiger partial charge on any atom is 0.297 e. The molecule has 0 saturated heterocycles. The number of benzene rings is 1. The molecular formula is C18H29ClO6S. The monoisotopic (exact) mass is 408 g/mol. The van der Waals surface area contributed by atoms with Crippen molar-refractivity contribution in [2.45, 2.75) is 30.6 Å². The zero-order valence-electron chi connectivity index (χ0n) is 15.1. The van der Waals surface area contributed by atoms with Gasteiger partial charge in [0.2, 0.25) is 0 Å². The van der Waals surface area contributed by atoms with Crippen LogP contribution in [0.5, 0.6) is 0 Å². The molecule has 0 atom stereocenters. The van der Waals surface area contributed by atoms with E-state index in [1.807, 2.05) is 0 Å². The molecule has 150 valence electrons. The Morgan fingerprint density at radius 2 is 1.23 bits per heavy atom. The van der Waals surface area contributed by atoms with Gasteiger partial charge in [0.15, 0.2) is 0 Å². The lowest BCUT2D eigenvalue weighted by molar-refractivity contribution is 0.00913. The molecule has 0 aromatic heterocycles. The average Bonchev–Trinajstić information content (AvgIpc) is 2.65. The van der Waals surface area contributed by atoms with Crippen LogP contribution >= 0.6 is 11.6 Å². The van der Waals surface area contributed by atoms with Crippen LogP contribution in [0.4, 0.5) is 0 Å². The van der Waals surface area contributed by atoms with Crippen LogP contribution in [0.1, 0.15) is 25.7 Å². The molecule has 0 heterocycles. The standard InChI is InChI=1S/C18H29ClO6S/c19-10-6-1-2-7-11-22-12-13-23-14-15-24-16-17-25-26(20,21)18-8-4-3-5-9-18/h3-5,8-9H,1-2,6-7,10-17H2. The maximum absolute atomic E-state index is 11.8. The van der Waals surface area contributed by atoms with Gasteiger partial charge in [-0.25, -0.2) is 0 Å². The summed E-state index contributed by atoms with van der Waals surface area (Å²) in [6, 6.07) is 8.03. The molecule has 1 rings (SSSR count). The molecule has 0 N–H and O–H groups in total. The molecule has 1 aromatic rings. The van der Waals surface area contributed by atoms with E-state index in [-0.39, 0.29) is 18.1 Å². The quantitative estimate of drug-likeness (QED) is 0.224. The van der Waals surface area contributed by atoms with Crippen molar-refractivity contribution in [3.8, 4) is 0 Å². The fraction of sp³-hybridized carbons (Fsp3) is 0.667. The Hall–Kier alpha value is -0.700. The Kier molecular flexibility index (Phi) is 13.8. The van der Waals surface area contributed by atoms with Crippen LogP contribution in [0.2, 0.25) is 0 Å². The number of ether oxygens (including phenoxy) is 3. The van der Waals surface area contributed by atoms with Gasteiger partial charge in [0, 0.05) is 12.5 Å². The lowest BCUT2D eigenvalue weighted by Gasteiger charge is -2.08. The van der Waals surface area contributed by atoms with Gasteiger partial charge in [0.25, 0.3) is 10.1 Å². The van der Waals surface area contributed by atoms with E-state index in [9.17, 15) is 8.42 Å². The van der Waals surface area contributed by atoms with Crippen molar-refractivity contribution >= 4 is 21.7 Å². The normalized spacial score (nSPS) is 11.7. The molecule has 0 amide bonds. The highest BCUT2D eigenvalue weighted by atomic mass is 35.5. The predicted molar refractivity (Wildman–Crippen MR) is 101 cm³/mol. The molecule has 0 spiro atoms. The van der Waals surface area contributed by atoms with Crippen molar-refractivity contribution in [1.29, 1.82) is 0 Å². The third kappa shape index (κ3) is 11.8. The summed E-state index contributed by atoms with van der Waals surface area (Å²) in [5.74, 6) is 0.728. The molecule has 0 unspecified atom stereocenters. The van der Waals surface area contributed by atoms with E-state index in [0.29, 0.717) is 26.4 Å². The Labute approximate surface area is 161 Å². The molecular weight excluding hydrogens is 380 g/mol. The second-order valence-electron chi connectivity index (χ2n) is 5.53. The molecule has 26 heavy (non-hydrogen) atoms. The second-order valence-corrected chi connectivity index (χ2v) is 7.52. The zero-order chi connectivity index (χ0) is 18.9. The van der Waals surface area contributed by atoms with Crippen LogP contribution in [0.3, 0.4) is 0 Å². The summed E-state index contributed by atoms with van der Waals surface area (Å²) in [6.45, 7) is 2.81. The topological polar surface area (TPSA) is 71.1 Å². The van der Waals surface area contributed by atoms with Crippen LogP contribution in [0.15, 0.2) is 35.2 Å². The zero-order valence-corrected chi connectivity index (χ0v) is 16.7. The highest BCUT2D eigenvalue weighted by Gasteiger charge is 2.13. The molecule has 1 aromatic carbocycles. The number of halogens is 1. The van der Waals surface area contributed by atoms with Crippen LogP contribution in [-0.2, 0) is 28.5 Å². The molecule has 0 aliphatic rings. The Morgan fingerprint density at radius 1 is 0.692 bits per heavy atom. The fourth-order valence-corrected chi connectivity index (χ4v) is 3.15. The summed E-state index contributed by atoms with van der Waals surface area (Å²) < 4.78 is 44.7. The minimum absolute atomic E-state index is 0.0238. The number of hydrogen-bond acceptors (Lipinski definition) is 6. The van der Waals surface area contributed by atoms with Gasteiger partial charge < -0.3 is 14.2 Å². The van der Waals surface area contributed by atoms with Crippen LogP contribution in [-0.4, -0.2) is 60.5 Å². The maximum atomic E-state index is 11.8. The highest BCUT2D eigenvalue weighted by molar-refractivity contribution is 7.86. The fourth-order valence-electron chi connectivity index (χ4n) is 2.05. The molecule has 0 fully saturated rings. The summed E-state index contributed by atoms with van der Waals surface area (Å²) in [7, 11) is -3.71. The number of hydrogen-bond donors (Lipinski definition) is 0. The van der Waals surface area contributed by atoms with Crippen LogP contribution in [0, 0.1) is 0 Å². The molecule has 0 bridgehead atoms. The molecule has 0 aliphatic carbocycles. The van der Waals surface area contributed by atoms with E-state index in [1.165, 1.54) is 12.1 Å². The van der Waals surface area contributed by atoms with Crippen molar-refractivity contribution in [3.05, 3.63) is 30.3 Å². The van der Waals surface area contributed by atoms with Gasteiger partial charge in [0.1, 0.15) is 0 Å². The van der Waals surface area contributed by atoms with E-state index in [2.05, 4.69) is 0 Å². The number of unbranched alkanes of at least 4 members (excludes halogenated alkanes) is 3. The highest BCUT2D eigenvalue weighted by Crippen LogP contribution is 2.10. The van der Waals surface area contributed by atoms with Crippen molar-refractivity contribution < 1.29 is 26.8 Å². The first-order chi connectivity index (χ1) is 12.7. The smallest absolute Gasteiger partial charge is 0.297 e. The van der Waals surface area contributed by atoms with E-state index >= 15 is 0 Å². The van der Waals surface area contributed by atoms with Crippen LogP contribution in [0.25, 0.3) is 0 Å². The molecule has 8 heteroatoms. The molecule has 0 aliphatic heterocycles. The largest absolute Gasteiger partial charge is 0.379 e. The summed E-state index contributed by atoms with van der Waals surface area (Å²) in [4.78, 5) is 0.141. The van der Waals surface area contributed by atoms with Crippen molar-refractivity contribution in [1.82, 2.24) is 0 Å². The molecule has 6 nitrogen and oxygen atoms in total. The van der Waals surface area contributed by atoms with Gasteiger partial charge in [0.05, 0.1) is 44.5 Å². The average molecular weight is 409 g/mol. The van der Waals surface area contributed by atoms with E-state index < -0.39 is 10.1 Å². The van der Waals surface area contributed by atoms with Crippen LogP contribution < -0.4 is 0 Å². The third-order valence-electron chi connectivity index (χ3n) is 3.41. The van der Waals surface area contributed by atoms with Gasteiger partial charge in [-0.15, -0.1) is 11.6 Å². The third-order valence-corrected chi connectivity index (χ3v) is 5.01. The first kappa shape index (κ1) is 23.3. The number of alkyl halides is 1. The SMILES string of the molecule is O=S(=O)(OCCOCCOCCOCCCCCCCl)c1ccccc1. The molecule has 0 saturated carbocycles. The van der Waals surface area contributed by atoms with Gasteiger partial charge in [-0.3, -0.25) is 4.18 Å². The second kappa shape index (κ2) is 15.4. The first-order valence-electron chi connectivity index (χ1n) is 8.90.